The lowest BCUT2D eigenvalue weighted by Gasteiger charge is -2.47. The number of likely N-dealkylation sites (N-methyl/N-ethyl adjacent to an activating group) is 1. The van der Waals surface area contributed by atoms with Crippen LogP contribution < -0.4 is 5.43 Å². The van der Waals surface area contributed by atoms with E-state index in [-0.39, 0.29) is 43.7 Å². The normalized spacial score (nSPS) is 30.3. The highest BCUT2D eigenvalue weighted by Crippen LogP contribution is 2.38. The number of rotatable bonds is 10. The van der Waals surface area contributed by atoms with E-state index < -0.39 is 77.5 Å². The minimum absolute atomic E-state index is 0.0282. The molecule has 360 valence electrons. The maximum Gasteiger partial charge on any atom is 0.422 e. The Kier molecular flexibility index (Phi) is 18.0. The quantitative estimate of drug-likeness (QED) is 0.153. The van der Waals surface area contributed by atoms with Gasteiger partial charge in [0.25, 0.3) is 0 Å². The Labute approximate surface area is 384 Å². The average molecular weight is 909 g/mol. The second-order valence-corrected chi connectivity index (χ2v) is 19.4. The number of hydrogen-bond acceptors (Lipinski definition) is 14. The molecule has 0 unspecified atom stereocenters. The first kappa shape index (κ1) is 51.4. The number of carbonyl (C=O) groups is 5. The zero-order valence-corrected chi connectivity index (χ0v) is 40.2. The van der Waals surface area contributed by atoms with E-state index in [2.05, 4.69) is 5.43 Å². The molecule has 3 aliphatic heterocycles. The van der Waals surface area contributed by atoms with E-state index in [9.17, 15) is 24.0 Å². The van der Waals surface area contributed by atoms with Crippen molar-refractivity contribution in [3.05, 3.63) is 71.8 Å². The Morgan fingerprint density at radius 3 is 2.17 bits per heavy atom. The van der Waals surface area contributed by atoms with Crippen LogP contribution in [-0.4, -0.2) is 140 Å². The maximum absolute atomic E-state index is 14.6. The second kappa shape index (κ2) is 22.7. The van der Waals surface area contributed by atoms with E-state index in [0.717, 1.165) is 5.56 Å². The molecule has 2 aromatic carbocycles. The summed E-state index contributed by atoms with van der Waals surface area (Å²) in [5.74, 6) is -4.28. The van der Waals surface area contributed by atoms with E-state index in [1.54, 1.807) is 48.2 Å². The molecular weight excluding hydrogens is 837 g/mol. The standard InChI is InChI=1S/C49H72N4O12/c1-31-27-49(8,59-11)42(64-45-41(38(51(9)10)26-32(2)62-45)63-44(56)37-20-16-13-17-21-37)33(3)40(54)34(4)43(55)60-30-39(36-22-24-52(25-23-36)47(58)65-48(5,6)7)53(28-31)50-46(57)61-29-35-18-14-12-15-19-35/h12-21,31-34,36,38-39,41-42,45H,22-30H2,1-11H3,(H,50,57)/t31-,32-,33+,34-,38+,39+,41-,42-,45+,49-/m1/s1. The van der Waals surface area contributed by atoms with Gasteiger partial charge in [-0.1, -0.05) is 62.4 Å². The third kappa shape index (κ3) is 14.0. The predicted molar refractivity (Wildman–Crippen MR) is 241 cm³/mol. The van der Waals surface area contributed by atoms with Crippen molar-refractivity contribution in [3.63, 3.8) is 0 Å². The first-order chi connectivity index (χ1) is 30.7. The SMILES string of the molecule is CO[C@]1(C)C[C@@H](C)CN(NC(=O)OCc2ccccc2)[C@H](C2CCN(C(=O)OC(C)(C)C)CC2)COC(=O)[C@H](C)C(=O)[C@H](C)[C@H]1O[C@@H]1O[C@H](C)C[C@H](N(C)C)[C@H]1OC(=O)c1ccccc1. The molecule has 3 saturated heterocycles. The number of Topliss-reactive ketones (excluding diaryl/α,β-unsaturated/α-hetero) is 1. The van der Waals surface area contributed by atoms with E-state index in [1.807, 2.05) is 96.9 Å². The molecule has 3 fully saturated rings. The molecule has 1 N–H and O–H groups in total. The number of nitrogens with one attached hydrogen (secondary N) is 1. The van der Waals surface area contributed by atoms with Crippen molar-refractivity contribution in [2.24, 2.45) is 23.7 Å². The highest BCUT2D eigenvalue weighted by molar-refractivity contribution is 6.00. The van der Waals surface area contributed by atoms with Crippen molar-refractivity contribution in [1.82, 2.24) is 20.2 Å². The van der Waals surface area contributed by atoms with Gasteiger partial charge in [0, 0.05) is 32.7 Å². The summed E-state index contributed by atoms with van der Waals surface area (Å²) in [6.45, 7) is 15.4. The van der Waals surface area contributed by atoms with Gasteiger partial charge in [0.1, 0.15) is 24.7 Å². The van der Waals surface area contributed by atoms with E-state index in [0.29, 0.717) is 44.3 Å². The van der Waals surface area contributed by atoms with Gasteiger partial charge in [-0.25, -0.2) is 19.4 Å². The molecule has 3 heterocycles. The zero-order chi connectivity index (χ0) is 47.6. The van der Waals surface area contributed by atoms with Crippen LogP contribution >= 0.6 is 0 Å². The highest BCUT2D eigenvalue weighted by atomic mass is 16.7. The number of ketones is 1. The molecule has 0 saturated carbocycles. The molecule has 2 amide bonds. The van der Waals surface area contributed by atoms with Gasteiger partial charge in [-0.3, -0.25) is 15.0 Å². The summed E-state index contributed by atoms with van der Waals surface area (Å²) in [6, 6.07) is 17.1. The van der Waals surface area contributed by atoms with Crippen LogP contribution in [0.3, 0.4) is 0 Å². The van der Waals surface area contributed by atoms with Gasteiger partial charge < -0.3 is 43.0 Å². The van der Waals surface area contributed by atoms with E-state index >= 15 is 0 Å². The van der Waals surface area contributed by atoms with Gasteiger partial charge in [0.2, 0.25) is 0 Å². The Bertz CT molecular complexity index is 1890. The molecule has 2 aromatic rings. The van der Waals surface area contributed by atoms with Gasteiger partial charge in [0.05, 0.1) is 35.5 Å². The number of benzene rings is 2. The number of methoxy groups -OCH3 is 1. The summed E-state index contributed by atoms with van der Waals surface area (Å²) in [6.07, 6.45) is -2.59. The van der Waals surface area contributed by atoms with Crippen LogP contribution in [0.25, 0.3) is 0 Å². The monoisotopic (exact) mass is 909 g/mol. The molecular formula is C49H72N4O12. The molecule has 0 radical (unpaired) electrons. The van der Waals surface area contributed by atoms with Gasteiger partial charge in [-0.15, -0.1) is 0 Å². The molecule has 65 heavy (non-hydrogen) atoms. The Hall–Kier alpha value is -4.61. The largest absolute Gasteiger partial charge is 0.463 e. The minimum atomic E-state index is -1.21. The number of hydrazine groups is 1. The van der Waals surface area contributed by atoms with Crippen LogP contribution in [0.1, 0.15) is 97.0 Å². The van der Waals surface area contributed by atoms with Crippen molar-refractivity contribution in [2.45, 2.75) is 136 Å². The Morgan fingerprint density at radius 1 is 0.938 bits per heavy atom. The lowest BCUT2D eigenvalue weighted by Crippen LogP contribution is -2.60. The second-order valence-electron chi connectivity index (χ2n) is 19.4. The van der Waals surface area contributed by atoms with Crippen molar-refractivity contribution < 1.29 is 57.1 Å². The fourth-order valence-corrected chi connectivity index (χ4v) is 9.24. The Morgan fingerprint density at radius 2 is 1.57 bits per heavy atom. The number of amides is 2. The topological polar surface area (TPSA) is 172 Å². The highest BCUT2D eigenvalue weighted by Gasteiger charge is 2.51. The molecule has 5 rings (SSSR count). The summed E-state index contributed by atoms with van der Waals surface area (Å²) < 4.78 is 43.4. The van der Waals surface area contributed by atoms with Crippen LogP contribution in [-0.2, 0) is 49.4 Å². The fourth-order valence-electron chi connectivity index (χ4n) is 9.24. The number of esters is 2. The molecule has 0 bridgehead atoms. The number of ether oxygens (including phenoxy) is 7. The van der Waals surface area contributed by atoms with E-state index in [1.165, 1.54) is 6.92 Å². The van der Waals surface area contributed by atoms with Crippen LogP contribution in [0.15, 0.2) is 60.7 Å². The minimum Gasteiger partial charge on any atom is -0.463 e. The van der Waals surface area contributed by atoms with Crippen molar-refractivity contribution >= 4 is 29.9 Å². The molecule has 0 aliphatic carbocycles. The maximum atomic E-state index is 14.6. The van der Waals surface area contributed by atoms with Crippen molar-refractivity contribution in [2.75, 3.05) is 47.4 Å². The van der Waals surface area contributed by atoms with Gasteiger partial charge in [-0.05, 0) is 111 Å². The molecule has 0 spiro atoms. The van der Waals surface area contributed by atoms with Gasteiger partial charge >= 0.3 is 24.1 Å². The molecule has 16 heteroatoms. The summed E-state index contributed by atoms with van der Waals surface area (Å²) in [4.78, 5) is 72.6. The third-order valence-corrected chi connectivity index (χ3v) is 12.8. The fraction of sp³-hybridized carbons (Fsp3) is 0.653. The first-order valence-corrected chi connectivity index (χ1v) is 22.9. The zero-order valence-electron chi connectivity index (χ0n) is 40.2. The lowest BCUT2D eigenvalue weighted by atomic mass is 9.78. The summed E-state index contributed by atoms with van der Waals surface area (Å²) >= 11 is 0. The first-order valence-electron chi connectivity index (χ1n) is 22.9. The summed E-state index contributed by atoms with van der Waals surface area (Å²) in [5, 5.41) is 1.77. The van der Waals surface area contributed by atoms with Crippen LogP contribution in [0.2, 0.25) is 0 Å². The summed E-state index contributed by atoms with van der Waals surface area (Å²) in [7, 11) is 5.35. The van der Waals surface area contributed by atoms with Gasteiger partial charge in [-0.2, -0.15) is 0 Å². The molecule has 10 atom stereocenters. The number of cyclic esters (lactones) is 1. The number of piperidine rings is 1. The molecule has 0 aromatic heterocycles. The smallest absolute Gasteiger partial charge is 0.422 e. The molecule has 16 nitrogen and oxygen atoms in total. The average Bonchev–Trinajstić information content (AvgIpc) is 3.27. The predicted octanol–water partition coefficient (Wildman–Crippen LogP) is 6.65. The van der Waals surface area contributed by atoms with Gasteiger partial charge in [0.15, 0.2) is 18.2 Å². The van der Waals surface area contributed by atoms with Crippen LogP contribution in [0, 0.1) is 23.7 Å². The van der Waals surface area contributed by atoms with E-state index in [4.69, 9.17) is 33.2 Å². The number of carbonyl (C=O) groups excluding carboxylic acids is 5. The lowest BCUT2D eigenvalue weighted by molar-refractivity contribution is -0.294. The third-order valence-electron chi connectivity index (χ3n) is 12.8. The summed E-state index contributed by atoms with van der Waals surface area (Å²) in [5.41, 5.74) is 2.29. The van der Waals surface area contributed by atoms with Crippen molar-refractivity contribution in [1.29, 1.82) is 0 Å². The number of likely N-dealkylation sites (tertiary alicyclic amines) is 1. The Balaban J connectivity index is 1.48. The van der Waals surface area contributed by atoms with Crippen LogP contribution in [0.5, 0.6) is 0 Å². The number of hydrogen-bond donors (Lipinski definition) is 1. The van der Waals surface area contributed by atoms with Crippen molar-refractivity contribution in [3.8, 4) is 0 Å². The molecule has 3 aliphatic rings. The van der Waals surface area contributed by atoms with Crippen LogP contribution in [0.4, 0.5) is 9.59 Å². The number of nitrogens with zero attached hydrogens (tertiary/aromatic N) is 3.